The Morgan fingerprint density at radius 2 is 2.07 bits per heavy atom. The number of hydrogen-bond acceptors (Lipinski definition) is 7. The van der Waals surface area contributed by atoms with Gasteiger partial charge in [0.15, 0.2) is 11.3 Å². The van der Waals surface area contributed by atoms with Crippen LogP contribution in [-0.2, 0) is 0 Å². The number of hydrogen-bond donors (Lipinski definition) is 2. The lowest BCUT2D eigenvalue weighted by atomic mass is 10.2. The lowest BCUT2D eigenvalue weighted by molar-refractivity contribution is -0.384. The van der Waals surface area contributed by atoms with Gasteiger partial charge >= 0.3 is 0 Å². The molecule has 0 spiro atoms. The van der Waals surface area contributed by atoms with Gasteiger partial charge in [0.2, 0.25) is 0 Å². The number of amides is 1. The van der Waals surface area contributed by atoms with Gasteiger partial charge in [-0.15, -0.1) is 0 Å². The molecule has 0 bridgehead atoms. The molecule has 2 atom stereocenters. The third-order valence-corrected chi connectivity index (χ3v) is 4.71. The van der Waals surface area contributed by atoms with Crippen LogP contribution in [0.1, 0.15) is 35.8 Å². The zero-order valence-corrected chi connectivity index (χ0v) is 14.3. The molecule has 2 unspecified atom stereocenters. The first-order valence-corrected chi connectivity index (χ1v) is 8.52. The Kier molecular flexibility index (Phi) is 4.24. The van der Waals surface area contributed by atoms with Gasteiger partial charge in [0.25, 0.3) is 11.6 Å². The summed E-state index contributed by atoms with van der Waals surface area (Å²) in [7, 11) is 0. The van der Waals surface area contributed by atoms with E-state index in [0.29, 0.717) is 16.7 Å². The van der Waals surface area contributed by atoms with Crippen LogP contribution in [0.3, 0.4) is 0 Å². The summed E-state index contributed by atoms with van der Waals surface area (Å²) in [6.45, 7) is 0. The molecule has 2 aromatic heterocycles. The quantitative estimate of drug-likeness (QED) is 0.530. The van der Waals surface area contributed by atoms with Crippen molar-refractivity contribution in [3.63, 3.8) is 0 Å². The van der Waals surface area contributed by atoms with Gasteiger partial charge in [0, 0.05) is 30.1 Å². The highest BCUT2D eigenvalue weighted by Gasteiger charge is 2.28. The van der Waals surface area contributed by atoms with Crippen LogP contribution < -0.4 is 11.1 Å². The van der Waals surface area contributed by atoms with E-state index in [-0.39, 0.29) is 23.5 Å². The molecule has 0 radical (unpaired) electrons. The van der Waals surface area contributed by atoms with E-state index >= 15 is 0 Å². The number of nitro groups is 1. The van der Waals surface area contributed by atoms with Crippen molar-refractivity contribution in [3.8, 4) is 0 Å². The summed E-state index contributed by atoms with van der Waals surface area (Å²) in [4.78, 5) is 31.3. The molecule has 4 rings (SSSR count). The molecule has 1 aliphatic carbocycles. The Balaban J connectivity index is 1.64. The zero-order valence-electron chi connectivity index (χ0n) is 14.3. The maximum atomic E-state index is 12.7. The van der Waals surface area contributed by atoms with E-state index in [1.807, 2.05) is 0 Å². The number of nitrogens with two attached hydrogens (primary N) is 1. The fourth-order valence-electron chi connectivity index (χ4n) is 3.37. The second-order valence-corrected chi connectivity index (χ2v) is 6.54. The molecule has 10 nitrogen and oxygen atoms in total. The van der Waals surface area contributed by atoms with Crippen molar-refractivity contribution in [2.24, 2.45) is 5.73 Å². The van der Waals surface area contributed by atoms with Crippen molar-refractivity contribution in [1.82, 2.24) is 19.7 Å². The summed E-state index contributed by atoms with van der Waals surface area (Å²) in [6, 6.07) is 5.82. The normalized spacial score (nSPS) is 19.3. The fourth-order valence-corrected chi connectivity index (χ4v) is 3.37. The Labute approximate surface area is 153 Å². The second kappa shape index (κ2) is 6.72. The monoisotopic (exact) mass is 367 g/mol. The molecule has 1 aliphatic rings. The van der Waals surface area contributed by atoms with Gasteiger partial charge in [-0.1, -0.05) is 0 Å². The number of rotatable bonds is 4. The second-order valence-electron chi connectivity index (χ2n) is 6.54. The number of benzene rings is 1. The SMILES string of the molecule is NC1CCC(n2nc(C(=O)Nc3ccc([N+](=O)[O-])cc3)c3cncnc32)C1. The Morgan fingerprint density at radius 1 is 1.30 bits per heavy atom. The lowest BCUT2D eigenvalue weighted by Crippen LogP contribution is -2.17. The predicted molar refractivity (Wildman–Crippen MR) is 97.2 cm³/mol. The van der Waals surface area contributed by atoms with Crippen LogP contribution in [0.5, 0.6) is 0 Å². The smallest absolute Gasteiger partial charge is 0.276 e. The average molecular weight is 367 g/mol. The topological polar surface area (TPSA) is 142 Å². The minimum atomic E-state index is -0.496. The number of aromatic nitrogens is 4. The van der Waals surface area contributed by atoms with Gasteiger partial charge in [0.05, 0.1) is 16.4 Å². The highest BCUT2D eigenvalue weighted by atomic mass is 16.6. The standard InChI is InChI=1S/C17H17N7O3/c18-10-1-4-13(7-10)23-16-14(8-19-9-20-16)15(22-23)17(25)21-11-2-5-12(6-3-11)24(26)27/h2-3,5-6,8-10,13H,1,4,7,18H2,(H,21,25). The summed E-state index contributed by atoms with van der Waals surface area (Å²) in [5.41, 5.74) is 7.21. The Bertz CT molecular complexity index is 1020. The molecule has 27 heavy (non-hydrogen) atoms. The van der Waals surface area contributed by atoms with E-state index in [1.54, 1.807) is 10.9 Å². The van der Waals surface area contributed by atoms with Crippen molar-refractivity contribution >= 4 is 28.3 Å². The van der Waals surface area contributed by atoms with Crippen molar-refractivity contribution in [2.75, 3.05) is 5.32 Å². The van der Waals surface area contributed by atoms with Crippen molar-refractivity contribution in [3.05, 3.63) is 52.6 Å². The first kappa shape index (κ1) is 17.0. The molecule has 138 valence electrons. The predicted octanol–water partition coefficient (Wildman–Crippen LogP) is 2.04. The number of non-ortho nitro benzene ring substituents is 1. The summed E-state index contributed by atoms with van der Waals surface area (Å²) in [5, 5.41) is 18.5. The molecule has 10 heteroatoms. The maximum Gasteiger partial charge on any atom is 0.276 e. The number of carbonyl (C=O) groups excluding carboxylic acids is 1. The van der Waals surface area contributed by atoms with E-state index < -0.39 is 10.8 Å². The van der Waals surface area contributed by atoms with E-state index in [4.69, 9.17) is 5.73 Å². The molecular weight excluding hydrogens is 350 g/mol. The fraction of sp³-hybridized carbons (Fsp3) is 0.294. The van der Waals surface area contributed by atoms with E-state index in [0.717, 1.165) is 19.3 Å². The van der Waals surface area contributed by atoms with Gasteiger partial charge in [-0.2, -0.15) is 5.10 Å². The number of anilines is 1. The zero-order chi connectivity index (χ0) is 19.0. The largest absolute Gasteiger partial charge is 0.328 e. The summed E-state index contributed by atoms with van der Waals surface area (Å²) < 4.78 is 1.76. The molecule has 3 N–H and O–H groups in total. The lowest BCUT2D eigenvalue weighted by Gasteiger charge is -2.10. The molecule has 1 amide bonds. The van der Waals surface area contributed by atoms with Gasteiger partial charge in [-0.25, -0.2) is 14.6 Å². The molecule has 2 heterocycles. The van der Waals surface area contributed by atoms with Crippen LogP contribution in [0, 0.1) is 10.1 Å². The number of nitrogens with zero attached hydrogens (tertiary/aromatic N) is 5. The highest BCUT2D eigenvalue weighted by molar-refractivity contribution is 6.10. The number of nitrogens with one attached hydrogen (secondary N) is 1. The van der Waals surface area contributed by atoms with Crippen LogP contribution in [0.15, 0.2) is 36.8 Å². The van der Waals surface area contributed by atoms with Crippen LogP contribution in [0.2, 0.25) is 0 Å². The number of fused-ring (bicyclic) bond motifs is 1. The third kappa shape index (κ3) is 3.22. The summed E-state index contributed by atoms with van der Waals surface area (Å²) in [5.74, 6) is -0.426. The minimum absolute atomic E-state index is 0.0475. The molecular formula is C17H17N7O3. The number of carbonyl (C=O) groups is 1. The van der Waals surface area contributed by atoms with Crippen molar-refractivity contribution in [1.29, 1.82) is 0 Å². The van der Waals surface area contributed by atoms with Crippen molar-refractivity contribution in [2.45, 2.75) is 31.3 Å². The first-order valence-electron chi connectivity index (χ1n) is 8.52. The van der Waals surface area contributed by atoms with E-state index in [9.17, 15) is 14.9 Å². The molecule has 3 aromatic rings. The number of nitro benzene ring substituents is 1. The molecule has 0 saturated heterocycles. The maximum absolute atomic E-state index is 12.7. The van der Waals surface area contributed by atoms with Crippen LogP contribution in [0.25, 0.3) is 11.0 Å². The molecule has 1 saturated carbocycles. The summed E-state index contributed by atoms with van der Waals surface area (Å²) >= 11 is 0. The van der Waals surface area contributed by atoms with Gasteiger partial charge in [-0.3, -0.25) is 14.9 Å². The summed E-state index contributed by atoms with van der Waals surface area (Å²) in [6.07, 6.45) is 5.55. The van der Waals surface area contributed by atoms with Gasteiger partial charge in [0.1, 0.15) is 6.33 Å². The van der Waals surface area contributed by atoms with E-state index in [2.05, 4.69) is 20.4 Å². The Hall–Kier alpha value is -3.40. The van der Waals surface area contributed by atoms with Crippen LogP contribution in [-0.4, -0.2) is 36.6 Å². The van der Waals surface area contributed by atoms with Crippen molar-refractivity contribution < 1.29 is 9.72 Å². The van der Waals surface area contributed by atoms with E-state index in [1.165, 1.54) is 30.6 Å². The molecule has 0 aliphatic heterocycles. The molecule has 1 fully saturated rings. The minimum Gasteiger partial charge on any atom is -0.328 e. The molecule has 1 aromatic carbocycles. The Morgan fingerprint density at radius 3 is 2.74 bits per heavy atom. The average Bonchev–Trinajstić information content (AvgIpc) is 3.25. The van der Waals surface area contributed by atoms with Crippen LogP contribution in [0.4, 0.5) is 11.4 Å². The van der Waals surface area contributed by atoms with Crippen LogP contribution >= 0.6 is 0 Å². The highest BCUT2D eigenvalue weighted by Crippen LogP contribution is 2.31. The van der Waals surface area contributed by atoms with Gasteiger partial charge < -0.3 is 11.1 Å². The third-order valence-electron chi connectivity index (χ3n) is 4.71. The first-order chi connectivity index (χ1) is 13.0. The van der Waals surface area contributed by atoms with Gasteiger partial charge in [-0.05, 0) is 31.4 Å².